The van der Waals surface area contributed by atoms with E-state index in [-0.39, 0.29) is 4.92 Å². The largest absolute Gasteiger partial charge is 0.357 e. The maximum absolute atomic E-state index is 10.2. The topological polar surface area (TPSA) is 58.9 Å². The molecule has 0 aliphatic carbocycles. The van der Waals surface area contributed by atoms with Gasteiger partial charge < -0.3 is 4.98 Å². The Kier molecular flexibility index (Phi) is 2.25. The normalized spacial score (nSPS) is 12.8. The molecule has 0 amide bonds. The van der Waals surface area contributed by atoms with Crippen molar-refractivity contribution < 1.29 is 4.92 Å². The fourth-order valence-electron chi connectivity index (χ4n) is 0.830. The summed E-state index contributed by atoms with van der Waals surface area (Å²) < 4.78 is 0. The van der Waals surface area contributed by atoms with Crippen molar-refractivity contribution in [1.82, 2.24) is 4.98 Å². The molecule has 1 unspecified atom stereocenters. The molecule has 0 saturated carbocycles. The van der Waals surface area contributed by atoms with Gasteiger partial charge in [-0.2, -0.15) is 0 Å². The molecule has 0 aliphatic heterocycles. The minimum atomic E-state index is -0.526. The first-order chi connectivity index (χ1) is 5.20. The SMILES string of the molecule is CC(Cc1cc[c][nH]1)[N+](=O)[O-]. The Morgan fingerprint density at radius 1 is 1.91 bits per heavy atom. The molecule has 0 bridgehead atoms. The van der Waals surface area contributed by atoms with Crippen LogP contribution in [0.3, 0.4) is 0 Å². The first kappa shape index (κ1) is 7.78. The standard InChI is InChI=1S/C7H9N2O2/c1-6(9(10)11)5-7-3-2-4-8-7/h2-3,6,8H,5H2,1H3. The Labute approximate surface area is 64.4 Å². The van der Waals surface area contributed by atoms with Crippen LogP contribution in [0.4, 0.5) is 0 Å². The molecule has 1 aromatic rings. The predicted octanol–water partition coefficient (Wildman–Crippen LogP) is 1.02. The van der Waals surface area contributed by atoms with Gasteiger partial charge in [-0.05, 0) is 12.1 Å². The van der Waals surface area contributed by atoms with E-state index in [4.69, 9.17) is 0 Å². The second-order valence-corrected chi connectivity index (χ2v) is 2.47. The molecule has 1 atom stereocenters. The molecule has 0 spiro atoms. The number of nitro groups is 1. The highest BCUT2D eigenvalue weighted by atomic mass is 16.6. The van der Waals surface area contributed by atoms with E-state index in [1.165, 1.54) is 0 Å². The molecular weight excluding hydrogens is 144 g/mol. The van der Waals surface area contributed by atoms with E-state index in [1.807, 2.05) is 0 Å². The van der Waals surface area contributed by atoms with Crippen molar-refractivity contribution in [1.29, 1.82) is 0 Å². The molecule has 4 heteroatoms. The van der Waals surface area contributed by atoms with Crippen LogP contribution in [0.25, 0.3) is 0 Å². The Bertz CT molecular complexity index is 231. The third kappa shape index (κ3) is 2.07. The summed E-state index contributed by atoms with van der Waals surface area (Å²) in [4.78, 5) is 12.7. The van der Waals surface area contributed by atoms with E-state index < -0.39 is 6.04 Å². The fraction of sp³-hybridized carbons (Fsp3) is 0.429. The van der Waals surface area contributed by atoms with Gasteiger partial charge in [-0.1, -0.05) is 0 Å². The molecule has 1 heterocycles. The van der Waals surface area contributed by atoms with Gasteiger partial charge in [-0.25, -0.2) is 0 Å². The van der Waals surface area contributed by atoms with Crippen LogP contribution in [0.1, 0.15) is 12.6 Å². The summed E-state index contributed by atoms with van der Waals surface area (Å²) in [7, 11) is 0. The number of nitrogens with zero attached hydrogens (tertiary/aromatic N) is 1. The number of aromatic nitrogens is 1. The summed E-state index contributed by atoms with van der Waals surface area (Å²) in [6.45, 7) is 1.58. The highest BCUT2D eigenvalue weighted by Gasteiger charge is 2.13. The van der Waals surface area contributed by atoms with Crippen LogP contribution in [0.5, 0.6) is 0 Å². The van der Waals surface area contributed by atoms with Crippen LogP contribution >= 0.6 is 0 Å². The van der Waals surface area contributed by atoms with E-state index in [0.717, 1.165) is 5.69 Å². The summed E-state index contributed by atoms with van der Waals surface area (Å²) in [5.41, 5.74) is 0.856. The van der Waals surface area contributed by atoms with Crippen molar-refractivity contribution >= 4 is 0 Å². The van der Waals surface area contributed by atoms with Crippen LogP contribution < -0.4 is 0 Å². The highest BCUT2D eigenvalue weighted by molar-refractivity contribution is 5.03. The summed E-state index contributed by atoms with van der Waals surface area (Å²) in [5.74, 6) is 0. The quantitative estimate of drug-likeness (QED) is 0.520. The molecule has 0 aromatic carbocycles. The molecule has 0 saturated heterocycles. The van der Waals surface area contributed by atoms with Gasteiger partial charge in [-0.15, -0.1) is 0 Å². The summed E-state index contributed by atoms with van der Waals surface area (Å²) in [6, 6.07) is 2.98. The molecule has 1 aromatic heterocycles. The Hall–Kier alpha value is -1.32. The van der Waals surface area contributed by atoms with Crippen molar-refractivity contribution in [2.24, 2.45) is 0 Å². The lowest BCUT2D eigenvalue weighted by Gasteiger charge is -2.00. The minimum absolute atomic E-state index is 0.291. The second kappa shape index (κ2) is 3.18. The van der Waals surface area contributed by atoms with E-state index in [9.17, 15) is 10.1 Å². The lowest BCUT2D eigenvalue weighted by atomic mass is 10.2. The maximum Gasteiger partial charge on any atom is 0.215 e. The summed E-state index contributed by atoms with van der Waals surface area (Å²) >= 11 is 0. The highest BCUT2D eigenvalue weighted by Crippen LogP contribution is 2.01. The Balaban J connectivity index is 2.50. The van der Waals surface area contributed by atoms with E-state index in [2.05, 4.69) is 11.2 Å². The monoisotopic (exact) mass is 153 g/mol. The van der Waals surface area contributed by atoms with Gasteiger partial charge in [0, 0.05) is 17.5 Å². The lowest BCUT2D eigenvalue weighted by molar-refractivity contribution is -0.517. The lowest BCUT2D eigenvalue weighted by Crippen LogP contribution is -2.17. The van der Waals surface area contributed by atoms with Crippen LogP contribution in [-0.2, 0) is 6.42 Å². The number of aromatic amines is 1. The van der Waals surface area contributed by atoms with Gasteiger partial charge in [0.15, 0.2) is 0 Å². The Morgan fingerprint density at radius 3 is 3.09 bits per heavy atom. The second-order valence-electron chi connectivity index (χ2n) is 2.47. The Morgan fingerprint density at radius 2 is 2.64 bits per heavy atom. The van der Waals surface area contributed by atoms with Crippen LogP contribution in [0.15, 0.2) is 12.1 Å². The molecule has 59 valence electrons. The van der Waals surface area contributed by atoms with Crippen LogP contribution in [0.2, 0.25) is 0 Å². The molecule has 1 rings (SSSR count). The average Bonchev–Trinajstić information content (AvgIpc) is 2.39. The van der Waals surface area contributed by atoms with Crippen LogP contribution in [-0.4, -0.2) is 15.9 Å². The summed E-state index contributed by atoms with van der Waals surface area (Å²) in [6.07, 6.45) is 3.17. The van der Waals surface area contributed by atoms with Gasteiger partial charge >= 0.3 is 0 Å². The van der Waals surface area contributed by atoms with E-state index >= 15 is 0 Å². The van der Waals surface area contributed by atoms with E-state index in [1.54, 1.807) is 19.1 Å². The number of rotatable bonds is 3. The first-order valence-corrected chi connectivity index (χ1v) is 3.37. The number of hydrogen-bond acceptors (Lipinski definition) is 2. The fourth-order valence-corrected chi connectivity index (χ4v) is 0.830. The van der Waals surface area contributed by atoms with Crippen molar-refractivity contribution in [3.63, 3.8) is 0 Å². The zero-order chi connectivity index (χ0) is 8.27. The van der Waals surface area contributed by atoms with Gasteiger partial charge in [-0.3, -0.25) is 10.1 Å². The zero-order valence-electron chi connectivity index (χ0n) is 6.20. The molecule has 1 N–H and O–H groups in total. The minimum Gasteiger partial charge on any atom is -0.357 e. The van der Waals surface area contributed by atoms with Crippen molar-refractivity contribution in [3.8, 4) is 0 Å². The smallest absolute Gasteiger partial charge is 0.215 e. The molecule has 4 nitrogen and oxygen atoms in total. The third-order valence-corrected chi connectivity index (χ3v) is 1.48. The third-order valence-electron chi connectivity index (χ3n) is 1.48. The van der Waals surface area contributed by atoms with Crippen molar-refractivity contribution in [3.05, 3.63) is 34.1 Å². The maximum atomic E-state index is 10.2. The van der Waals surface area contributed by atoms with Crippen molar-refractivity contribution in [2.45, 2.75) is 19.4 Å². The number of H-pyrrole nitrogens is 1. The van der Waals surface area contributed by atoms with Crippen LogP contribution in [0, 0.1) is 16.3 Å². The molecule has 11 heavy (non-hydrogen) atoms. The van der Waals surface area contributed by atoms with Gasteiger partial charge in [0.05, 0.1) is 12.6 Å². The molecule has 0 fully saturated rings. The molecular formula is C7H9N2O2. The van der Waals surface area contributed by atoms with Gasteiger partial charge in [0.1, 0.15) is 0 Å². The van der Waals surface area contributed by atoms with Gasteiger partial charge in [0.2, 0.25) is 6.04 Å². The molecule has 0 aliphatic rings. The van der Waals surface area contributed by atoms with E-state index in [0.29, 0.717) is 6.42 Å². The zero-order valence-corrected chi connectivity index (χ0v) is 6.20. The predicted molar refractivity (Wildman–Crippen MR) is 39.8 cm³/mol. The number of hydrogen-bond donors (Lipinski definition) is 1. The number of nitrogens with one attached hydrogen (secondary N) is 1. The van der Waals surface area contributed by atoms with Crippen molar-refractivity contribution in [2.75, 3.05) is 0 Å². The van der Waals surface area contributed by atoms with Gasteiger partial charge in [0.25, 0.3) is 0 Å². The average molecular weight is 153 g/mol. The summed E-state index contributed by atoms with van der Waals surface area (Å²) in [5, 5.41) is 10.2. The first-order valence-electron chi connectivity index (χ1n) is 3.37. The molecule has 1 radical (unpaired) electrons.